The third kappa shape index (κ3) is 7.19. The van der Waals surface area contributed by atoms with Gasteiger partial charge in [0.05, 0.1) is 17.7 Å². The zero-order valence-electron chi connectivity index (χ0n) is 24.8. The van der Waals surface area contributed by atoms with Crippen molar-refractivity contribution >= 4 is 35.0 Å². The number of aromatic nitrogens is 1. The van der Waals surface area contributed by atoms with Crippen LogP contribution in [0.15, 0.2) is 53.1 Å². The number of methoxy groups -OCH3 is 1. The largest absolute Gasteiger partial charge is 0.491 e. The van der Waals surface area contributed by atoms with Crippen LogP contribution in [0.1, 0.15) is 35.7 Å². The second-order valence-corrected chi connectivity index (χ2v) is 10.5. The molecular weight excluding hydrogens is 540 g/mol. The van der Waals surface area contributed by atoms with Crippen molar-refractivity contribution in [3.8, 4) is 5.75 Å². The van der Waals surface area contributed by atoms with Gasteiger partial charge in [0.25, 0.3) is 5.91 Å². The van der Waals surface area contributed by atoms with E-state index in [4.69, 9.17) is 14.0 Å². The normalized spacial score (nSPS) is 19.6. The average molecular weight is 579 g/mol. The molecule has 224 valence electrons. The van der Waals surface area contributed by atoms with Crippen molar-refractivity contribution in [1.29, 1.82) is 0 Å². The summed E-state index contributed by atoms with van der Waals surface area (Å²) in [5.41, 5.74) is 2.44. The Hall–Kier alpha value is -4.58. The third-order valence-electron chi connectivity index (χ3n) is 7.26. The number of benzene rings is 2. The molecule has 42 heavy (non-hydrogen) atoms. The lowest BCUT2D eigenvalue weighted by molar-refractivity contribution is 0.0174. The van der Waals surface area contributed by atoms with Crippen LogP contribution in [0.5, 0.6) is 5.75 Å². The lowest BCUT2D eigenvalue weighted by atomic mass is 10.0. The van der Waals surface area contributed by atoms with Gasteiger partial charge in [-0.1, -0.05) is 30.3 Å². The quantitative estimate of drug-likeness (QED) is 0.397. The molecule has 0 bridgehead atoms. The molecule has 0 spiro atoms. The Morgan fingerprint density at radius 3 is 2.38 bits per heavy atom. The molecule has 0 saturated heterocycles. The highest BCUT2D eigenvalue weighted by Crippen LogP contribution is 2.27. The molecule has 12 nitrogen and oxygen atoms in total. The Kier molecular flexibility index (Phi) is 9.68. The lowest BCUT2D eigenvalue weighted by Gasteiger charge is -2.36. The van der Waals surface area contributed by atoms with E-state index in [1.54, 1.807) is 68.1 Å². The third-order valence-corrected chi connectivity index (χ3v) is 7.26. The number of hydrogen-bond acceptors (Lipinski definition) is 7. The number of fused-ring (bicyclic) bond motifs is 1. The molecule has 0 fully saturated rings. The Balaban J connectivity index is 1.60. The molecule has 4 rings (SSSR count). The van der Waals surface area contributed by atoms with Crippen LogP contribution in [0, 0.1) is 19.8 Å². The molecule has 0 radical (unpaired) electrons. The monoisotopic (exact) mass is 578 g/mol. The van der Waals surface area contributed by atoms with Crippen molar-refractivity contribution in [2.75, 3.05) is 49.8 Å². The molecule has 0 saturated carbocycles. The molecule has 2 heterocycles. The predicted molar refractivity (Wildman–Crippen MR) is 159 cm³/mol. The van der Waals surface area contributed by atoms with Crippen LogP contribution < -0.4 is 20.7 Å². The molecule has 0 unspecified atom stereocenters. The van der Waals surface area contributed by atoms with Gasteiger partial charge in [-0.3, -0.25) is 4.79 Å². The Bertz CT molecular complexity index is 1390. The average Bonchev–Trinajstić information content (AvgIpc) is 3.29. The highest BCUT2D eigenvalue weighted by molar-refractivity contribution is 6.02. The molecular formula is C30H38N6O6. The molecule has 1 aliphatic heterocycles. The first-order valence-electron chi connectivity index (χ1n) is 13.8. The van der Waals surface area contributed by atoms with E-state index >= 15 is 0 Å². The summed E-state index contributed by atoms with van der Waals surface area (Å²) in [5, 5.41) is 12.4. The topological polar surface area (TPSA) is 138 Å². The molecule has 1 aliphatic rings. The fourth-order valence-corrected chi connectivity index (χ4v) is 4.79. The van der Waals surface area contributed by atoms with E-state index in [0.717, 1.165) is 0 Å². The summed E-state index contributed by atoms with van der Waals surface area (Å²) >= 11 is 0. The van der Waals surface area contributed by atoms with Gasteiger partial charge in [-0.25, -0.2) is 9.59 Å². The number of para-hydroxylation sites is 1. The van der Waals surface area contributed by atoms with Crippen LogP contribution in [0.25, 0.3) is 0 Å². The number of hydrogen-bond donors (Lipinski definition) is 3. The van der Waals surface area contributed by atoms with Gasteiger partial charge >= 0.3 is 12.1 Å². The molecule has 3 aromatic rings. The summed E-state index contributed by atoms with van der Waals surface area (Å²) in [6.45, 7) is 8.10. The maximum Gasteiger partial charge on any atom is 0.323 e. The standard InChI is InChI=1S/C30H38N6O6/c1-18-15-36(30(39)33-27-20(3)34-42-21(27)4)19(2)17-41-25-13-12-23(32-29(38)31-22-10-8-7-9-11-22)14-24(25)28(37)35(5)16-26(18)40-6/h7-14,18-19,26H,15-17H2,1-6H3,(H,33,39)(H2,31,32,38)/t18-,19-,26+/m0/s1. The van der Waals surface area contributed by atoms with Crippen molar-refractivity contribution in [3.63, 3.8) is 0 Å². The highest BCUT2D eigenvalue weighted by atomic mass is 16.5. The molecule has 2 aromatic carbocycles. The predicted octanol–water partition coefficient (Wildman–Crippen LogP) is 4.97. The number of ether oxygens (including phenoxy) is 2. The summed E-state index contributed by atoms with van der Waals surface area (Å²) < 4.78 is 17.1. The van der Waals surface area contributed by atoms with Crippen molar-refractivity contribution in [2.24, 2.45) is 5.92 Å². The Morgan fingerprint density at radius 2 is 1.71 bits per heavy atom. The number of likely N-dealkylation sites (N-methyl/N-ethyl adjacent to an activating group) is 1. The minimum atomic E-state index is -0.446. The summed E-state index contributed by atoms with van der Waals surface area (Å²) in [6.07, 6.45) is -0.359. The lowest BCUT2D eigenvalue weighted by Crippen LogP contribution is -2.50. The number of nitrogens with one attached hydrogen (secondary N) is 3. The van der Waals surface area contributed by atoms with Gasteiger partial charge in [0, 0.05) is 44.5 Å². The minimum Gasteiger partial charge on any atom is -0.491 e. The SMILES string of the molecule is CO[C@@H]1CN(C)C(=O)c2cc(NC(=O)Nc3ccccc3)ccc2OC[C@H](C)N(C(=O)Nc2c(C)noc2C)C[C@@H]1C. The van der Waals surface area contributed by atoms with Crippen LogP contribution in [0.3, 0.4) is 0 Å². The van der Waals surface area contributed by atoms with E-state index in [1.807, 2.05) is 32.0 Å². The van der Waals surface area contributed by atoms with Crippen LogP contribution in [0.2, 0.25) is 0 Å². The van der Waals surface area contributed by atoms with E-state index in [0.29, 0.717) is 40.8 Å². The van der Waals surface area contributed by atoms with Gasteiger partial charge in [0.1, 0.15) is 23.7 Å². The van der Waals surface area contributed by atoms with Gasteiger partial charge < -0.3 is 39.7 Å². The van der Waals surface area contributed by atoms with E-state index in [2.05, 4.69) is 21.1 Å². The Morgan fingerprint density at radius 1 is 1.00 bits per heavy atom. The summed E-state index contributed by atoms with van der Waals surface area (Å²) in [7, 11) is 3.27. The number of urea groups is 2. The summed E-state index contributed by atoms with van der Waals surface area (Å²) in [6, 6.07) is 12.8. The van der Waals surface area contributed by atoms with E-state index in [1.165, 1.54) is 0 Å². The van der Waals surface area contributed by atoms with Crippen LogP contribution in [0.4, 0.5) is 26.7 Å². The molecule has 1 aromatic heterocycles. The van der Waals surface area contributed by atoms with Crippen molar-refractivity contribution in [1.82, 2.24) is 15.0 Å². The maximum atomic E-state index is 13.6. The van der Waals surface area contributed by atoms with Gasteiger partial charge in [-0.2, -0.15) is 0 Å². The van der Waals surface area contributed by atoms with E-state index in [-0.39, 0.29) is 48.7 Å². The number of carbonyl (C=O) groups is 3. The minimum absolute atomic E-state index is 0.116. The number of aryl methyl sites for hydroxylation is 2. The van der Waals surface area contributed by atoms with Gasteiger partial charge in [0.2, 0.25) is 0 Å². The van der Waals surface area contributed by atoms with Crippen molar-refractivity contribution in [3.05, 3.63) is 65.5 Å². The highest BCUT2D eigenvalue weighted by Gasteiger charge is 2.31. The molecule has 0 aliphatic carbocycles. The van der Waals surface area contributed by atoms with Crippen LogP contribution in [-0.4, -0.2) is 78.9 Å². The summed E-state index contributed by atoms with van der Waals surface area (Å²) in [4.78, 5) is 43.0. The second kappa shape index (κ2) is 13.4. The number of anilines is 3. The Labute approximate surface area is 245 Å². The van der Waals surface area contributed by atoms with Crippen molar-refractivity contribution in [2.45, 2.75) is 39.8 Å². The number of carbonyl (C=O) groups excluding carboxylic acids is 3. The second-order valence-electron chi connectivity index (χ2n) is 10.5. The summed E-state index contributed by atoms with van der Waals surface area (Å²) in [5.74, 6) is 0.434. The van der Waals surface area contributed by atoms with Crippen molar-refractivity contribution < 1.29 is 28.4 Å². The zero-order valence-corrected chi connectivity index (χ0v) is 24.8. The first-order valence-corrected chi connectivity index (χ1v) is 13.8. The maximum absolute atomic E-state index is 13.6. The van der Waals surface area contributed by atoms with E-state index < -0.39 is 6.03 Å². The molecule has 3 N–H and O–H groups in total. The van der Waals surface area contributed by atoms with Gasteiger partial charge in [-0.15, -0.1) is 0 Å². The number of nitrogens with zero attached hydrogens (tertiary/aromatic N) is 3. The van der Waals surface area contributed by atoms with Crippen LogP contribution in [-0.2, 0) is 4.74 Å². The smallest absolute Gasteiger partial charge is 0.323 e. The van der Waals surface area contributed by atoms with Crippen LogP contribution >= 0.6 is 0 Å². The fourth-order valence-electron chi connectivity index (χ4n) is 4.79. The molecule has 5 amide bonds. The van der Waals surface area contributed by atoms with Gasteiger partial charge in [-0.05, 0) is 51.1 Å². The zero-order chi connectivity index (χ0) is 30.4. The fraction of sp³-hybridized carbons (Fsp3) is 0.400. The number of rotatable bonds is 4. The molecule has 3 atom stereocenters. The number of amides is 5. The van der Waals surface area contributed by atoms with Gasteiger partial charge in [0.15, 0.2) is 5.76 Å². The first kappa shape index (κ1) is 30.4. The molecule has 12 heteroatoms. The first-order chi connectivity index (χ1) is 20.1. The van der Waals surface area contributed by atoms with E-state index in [9.17, 15) is 14.4 Å².